The Bertz CT molecular complexity index is 563. The third-order valence-corrected chi connectivity index (χ3v) is 2.25. The molecule has 0 aliphatic carbocycles. The molecular weight excluding hydrogens is 242 g/mol. The van der Waals surface area contributed by atoms with E-state index in [0.29, 0.717) is 5.75 Å². The number of methoxy groups -OCH3 is 1. The summed E-state index contributed by atoms with van der Waals surface area (Å²) in [6.07, 6.45) is -3.27. The van der Waals surface area contributed by atoms with Crippen LogP contribution in [0.2, 0.25) is 0 Å². The van der Waals surface area contributed by atoms with Crippen LogP contribution < -0.4 is 10.1 Å². The number of aliphatic hydroxyl groups excluding tert-OH is 1. The van der Waals surface area contributed by atoms with Crippen molar-refractivity contribution in [1.29, 1.82) is 0 Å². The molecule has 1 aromatic carbocycles. The van der Waals surface area contributed by atoms with Crippen LogP contribution in [-0.4, -0.2) is 44.1 Å². The maximum absolute atomic E-state index is 9.85. The molecule has 0 amide bonds. The van der Waals surface area contributed by atoms with Gasteiger partial charge in [-0.1, -0.05) is 25.9 Å². The molecule has 4 heteroatoms. The van der Waals surface area contributed by atoms with E-state index in [4.69, 9.17) is 14.3 Å². The predicted octanol–water partition coefficient (Wildman–Crippen LogP) is 1.61. The molecule has 0 fully saturated rings. The molecule has 0 radical (unpaired) electrons. The van der Waals surface area contributed by atoms with Crippen LogP contribution in [0.4, 0.5) is 0 Å². The maximum atomic E-state index is 9.85. The summed E-state index contributed by atoms with van der Waals surface area (Å²) in [6, 6.07) is 4.93. The van der Waals surface area contributed by atoms with E-state index in [1.165, 1.54) is 31.2 Å². The lowest BCUT2D eigenvalue weighted by Gasteiger charge is -2.15. The Balaban J connectivity index is 2.58. The first kappa shape index (κ1) is 8.25. The van der Waals surface area contributed by atoms with E-state index >= 15 is 0 Å². The number of rotatable bonds is 9. The minimum atomic E-state index is -2.49. The zero-order valence-corrected chi connectivity index (χ0v) is 11.1. The Kier molecular flexibility index (Phi) is 3.87. The number of benzene rings is 1. The van der Waals surface area contributed by atoms with E-state index in [-0.39, 0.29) is 18.7 Å². The van der Waals surface area contributed by atoms with Crippen LogP contribution in [0, 0.1) is 0 Å². The minimum absolute atomic E-state index is 0.0498. The third-order valence-electron chi connectivity index (χ3n) is 2.25. The fourth-order valence-electron chi connectivity index (χ4n) is 1.31. The molecule has 0 heterocycles. The van der Waals surface area contributed by atoms with Crippen molar-refractivity contribution in [3.8, 4) is 5.75 Å². The van der Waals surface area contributed by atoms with Gasteiger partial charge in [0, 0.05) is 26.6 Å². The summed E-state index contributed by atoms with van der Waals surface area (Å²) in [5, 5.41) is 12.6. The molecule has 4 nitrogen and oxygen atoms in total. The van der Waals surface area contributed by atoms with E-state index in [9.17, 15) is 5.11 Å². The highest BCUT2D eigenvalue weighted by atomic mass is 16.5. The number of aliphatic hydroxyl groups is 1. The Hall–Kier alpha value is -1.10. The Labute approximate surface area is 125 Å². The Morgan fingerprint density at radius 3 is 2.79 bits per heavy atom. The zero-order chi connectivity index (χ0) is 20.2. The van der Waals surface area contributed by atoms with Crippen LogP contribution in [0.3, 0.4) is 0 Å². The minimum Gasteiger partial charge on any atom is -0.491 e. The second-order valence-electron chi connectivity index (χ2n) is 4.05. The highest BCUT2D eigenvalue weighted by molar-refractivity contribution is 5.27. The van der Waals surface area contributed by atoms with Crippen LogP contribution in [0.1, 0.15) is 28.9 Å². The SMILES string of the molecule is [2H]C([2H])([2H])C(C)NCC(O)COc1ccc(C([2H])([2H])C([2H])([2H])OC)cc1. The van der Waals surface area contributed by atoms with Crippen molar-refractivity contribution in [1.82, 2.24) is 5.32 Å². The predicted molar refractivity (Wildman–Crippen MR) is 76.7 cm³/mol. The number of ether oxygens (including phenoxy) is 2. The number of nitrogens with one attached hydrogen (secondary N) is 1. The van der Waals surface area contributed by atoms with Crippen LogP contribution >= 0.6 is 0 Å². The van der Waals surface area contributed by atoms with E-state index in [0.717, 1.165) is 7.11 Å². The smallest absolute Gasteiger partial charge is 0.119 e. The lowest BCUT2D eigenvalue weighted by Crippen LogP contribution is -2.35. The van der Waals surface area contributed by atoms with Gasteiger partial charge in [-0.15, -0.1) is 0 Å². The van der Waals surface area contributed by atoms with E-state index in [1.807, 2.05) is 0 Å². The molecule has 0 aliphatic rings. The monoisotopic (exact) mass is 274 g/mol. The average Bonchev–Trinajstić information content (AvgIpc) is 2.57. The van der Waals surface area contributed by atoms with Crippen molar-refractivity contribution < 1.29 is 24.2 Å². The average molecular weight is 274 g/mol. The number of hydrogen-bond donors (Lipinski definition) is 2. The topological polar surface area (TPSA) is 50.7 Å². The van der Waals surface area contributed by atoms with Gasteiger partial charge in [-0.05, 0) is 24.1 Å². The van der Waals surface area contributed by atoms with Crippen molar-refractivity contribution in [3.05, 3.63) is 29.8 Å². The van der Waals surface area contributed by atoms with Gasteiger partial charge in [0.2, 0.25) is 0 Å². The van der Waals surface area contributed by atoms with E-state index in [1.54, 1.807) is 0 Å². The van der Waals surface area contributed by atoms with Gasteiger partial charge in [-0.3, -0.25) is 0 Å². The molecule has 1 rings (SSSR count). The zero-order valence-electron chi connectivity index (χ0n) is 18.1. The highest BCUT2D eigenvalue weighted by Gasteiger charge is 2.05. The van der Waals surface area contributed by atoms with Gasteiger partial charge in [-0.25, -0.2) is 0 Å². The van der Waals surface area contributed by atoms with Crippen LogP contribution in [-0.2, 0) is 11.1 Å². The molecule has 0 saturated heterocycles. The van der Waals surface area contributed by atoms with Crippen molar-refractivity contribution >= 4 is 0 Å². The van der Waals surface area contributed by atoms with Gasteiger partial charge in [0.1, 0.15) is 18.5 Å². The lowest BCUT2D eigenvalue weighted by atomic mass is 10.1. The van der Waals surface area contributed by atoms with E-state index in [2.05, 4.69) is 10.1 Å². The van der Waals surface area contributed by atoms with Crippen LogP contribution in [0.15, 0.2) is 24.3 Å². The number of hydrogen-bond acceptors (Lipinski definition) is 4. The Morgan fingerprint density at radius 1 is 1.42 bits per heavy atom. The molecular formula is C15H25NO3. The van der Waals surface area contributed by atoms with Gasteiger partial charge >= 0.3 is 0 Å². The normalized spacial score (nSPS) is 21.7. The molecule has 0 aliphatic heterocycles. The van der Waals surface area contributed by atoms with Crippen molar-refractivity contribution in [2.75, 3.05) is 26.8 Å². The van der Waals surface area contributed by atoms with Crippen molar-refractivity contribution in [2.24, 2.45) is 0 Å². The molecule has 0 aromatic heterocycles. The van der Waals surface area contributed by atoms with Gasteiger partial charge in [0.25, 0.3) is 0 Å². The first-order valence-electron chi connectivity index (χ1n) is 9.51. The summed E-state index contributed by atoms with van der Waals surface area (Å²) in [5.74, 6) is 0.366. The third kappa shape index (κ3) is 7.15. The molecule has 2 N–H and O–H groups in total. The maximum Gasteiger partial charge on any atom is 0.119 e. The molecule has 2 atom stereocenters. The summed E-state index contributed by atoms with van der Waals surface area (Å²) in [7, 11) is 1.10. The van der Waals surface area contributed by atoms with E-state index < -0.39 is 31.9 Å². The largest absolute Gasteiger partial charge is 0.491 e. The van der Waals surface area contributed by atoms with Crippen molar-refractivity contribution in [2.45, 2.75) is 32.3 Å². The highest BCUT2D eigenvalue weighted by Crippen LogP contribution is 2.12. The second-order valence-corrected chi connectivity index (χ2v) is 4.05. The number of aryl methyl sites for hydroxylation is 1. The first-order chi connectivity index (χ1) is 11.8. The van der Waals surface area contributed by atoms with Crippen molar-refractivity contribution in [3.63, 3.8) is 0 Å². The van der Waals surface area contributed by atoms with Crippen LogP contribution in [0.5, 0.6) is 5.75 Å². The summed E-state index contributed by atoms with van der Waals surface area (Å²) in [4.78, 5) is 0. The molecule has 108 valence electrons. The summed E-state index contributed by atoms with van der Waals surface area (Å²) < 4.78 is 62.6. The molecule has 0 spiro atoms. The lowest BCUT2D eigenvalue weighted by molar-refractivity contribution is 0.104. The summed E-state index contributed by atoms with van der Waals surface area (Å²) >= 11 is 0. The van der Waals surface area contributed by atoms with Gasteiger partial charge in [-0.2, -0.15) is 0 Å². The quantitative estimate of drug-likeness (QED) is 0.718. The fourth-order valence-corrected chi connectivity index (χ4v) is 1.31. The molecule has 0 saturated carbocycles. The Morgan fingerprint density at radius 2 is 2.16 bits per heavy atom. The standard InChI is InChI=1S/C15H25NO3/c1-12(2)16-10-14(17)11-19-15-6-4-13(5-7-15)8-9-18-3/h4-7,12,14,16-17H,8-11H2,1-3H3/i1D3,8D2,9D2. The second kappa shape index (κ2) is 8.91. The molecule has 0 bridgehead atoms. The molecule has 2 unspecified atom stereocenters. The van der Waals surface area contributed by atoms with Gasteiger partial charge < -0.3 is 19.9 Å². The summed E-state index contributed by atoms with van der Waals surface area (Å²) in [6.45, 7) is -3.16. The summed E-state index contributed by atoms with van der Waals surface area (Å²) in [5.41, 5.74) is 0.0883. The fraction of sp³-hybridized carbons (Fsp3) is 0.600. The van der Waals surface area contributed by atoms with Crippen LogP contribution in [0.25, 0.3) is 0 Å². The first-order valence-corrected chi connectivity index (χ1v) is 6.01. The van der Waals surface area contributed by atoms with Gasteiger partial charge in [0.05, 0.1) is 9.30 Å². The van der Waals surface area contributed by atoms with Gasteiger partial charge in [0.15, 0.2) is 0 Å². The molecule has 19 heavy (non-hydrogen) atoms. The molecule has 1 aromatic rings.